The minimum atomic E-state index is -1.03. The summed E-state index contributed by atoms with van der Waals surface area (Å²) in [7, 11) is 3.67. The molecule has 2 unspecified atom stereocenters. The van der Waals surface area contributed by atoms with E-state index in [4.69, 9.17) is 5.73 Å². The van der Waals surface area contributed by atoms with E-state index in [9.17, 15) is 14.7 Å². The molecule has 0 rings (SSSR count). The number of likely N-dealkylation sites (N-methyl/N-ethyl adjacent to an activating group) is 1. The van der Waals surface area contributed by atoms with E-state index < -0.39 is 17.7 Å². The van der Waals surface area contributed by atoms with Gasteiger partial charge in [-0.2, -0.15) is 0 Å². The van der Waals surface area contributed by atoms with Gasteiger partial charge in [-0.3, -0.25) is 4.79 Å². The predicted molar refractivity (Wildman–Crippen MR) is 73.5 cm³/mol. The molecule has 0 aromatic rings. The second-order valence-electron chi connectivity index (χ2n) is 5.68. The number of hydrogen-bond donors (Lipinski definition) is 4. The average Bonchev–Trinajstić information content (AvgIpc) is 2.20. The maximum absolute atomic E-state index is 11.9. The number of rotatable bonds is 7. The van der Waals surface area contributed by atoms with Gasteiger partial charge in [-0.05, 0) is 26.9 Å². The lowest BCUT2D eigenvalue weighted by molar-refractivity contribution is -0.125. The lowest BCUT2D eigenvalue weighted by Gasteiger charge is -2.28. The summed E-state index contributed by atoms with van der Waals surface area (Å²) in [6.45, 7) is 5.77. The molecule has 5 N–H and O–H groups in total. The molecule has 0 saturated carbocycles. The van der Waals surface area contributed by atoms with Gasteiger partial charge in [0, 0.05) is 13.1 Å². The van der Waals surface area contributed by atoms with Gasteiger partial charge < -0.3 is 26.4 Å². The van der Waals surface area contributed by atoms with Gasteiger partial charge in [-0.1, -0.05) is 13.8 Å². The molecule has 0 aliphatic rings. The molecule has 19 heavy (non-hydrogen) atoms. The maximum atomic E-state index is 11.9. The van der Waals surface area contributed by atoms with E-state index in [2.05, 4.69) is 10.6 Å². The van der Waals surface area contributed by atoms with Gasteiger partial charge in [0.2, 0.25) is 5.91 Å². The summed E-state index contributed by atoms with van der Waals surface area (Å²) in [4.78, 5) is 24.6. The lowest BCUT2D eigenvalue weighted by atomic mass is 10.0. The summed E-state index contributed by atoms with van der Waals surface area (Å²) < 4.78 is 0. The van der Waals surface area contributed by atoms with Crippen molar-refractivity contribution >= 4 is 11.9 Å². The van der Waals surface area contributed by atoms with Crippen LogP contribution in [0.25, 0.3) is 0 Å². The molecular formula is C12H26N4O3. The second kappa shape index (κ2) is 7.30. The van der Waals surface area contributed by atoms with Crippen molar-refractivity contribution in [3.05, 3.63) is 0 Å². The first-order valence-corrected chi connectivity index (χ1v) is 6.26. The van der Waals surface area contributed by atoms with Crippen molar-refractivity contribution in [2.24, 2.45) is 11.7 Å². The zero-order valence-corrected chi connectivity index (χ0v) is 12.4. The number of hydrogen-bond acceptors (Lipinski definition) is 4. The molecule has 0 aliphatic carbocycles. The molecule has 112 valence electrons. The predicted octanol–water partition coefficient (Wildman–Crippen LogP) is -0.892. The highest BCUT2D eigenvalue weighted by Gasteiger charge is 2.27. The number of carbonyl (C=O) groups is 2. The molecule has 0 fully saturated rings. The molecule has 0 aromatic carbocycles. The molecule has 7 nitrogen and oxygen atoms in total. The number of urea groups is 1. The van der Waals surface area contributed by atoms with Gasteiger partial charge in [0.1, 0.15) is 6.04 Å². The zero-order chi connectivity index (χ0) is 15.2. The third-order valence-electron chi connectivity index (χ3n) is 2.55. The summed E-state index contributed by atoms with van der Waals surface area (Å²) in [5.74, 6) is -0.445. The molecule has 0 aliphatic heterocycles. The number of nitrogens with two attached hydrogens (primary N) is 1. The Kier molecular flexibility index (Phi) is 6.78. The Bertz CT molecular complexity index is 316. The van der Waals surface area contributed by atoms with Crippen molar-refractivity contribution < 1.29 is 14.7 Å². The van der Waals surface area contributed by atoms with Crippen LogP contribution in [0, 0.1) is 5.92 Å². The van der Waals surface area contributed by atoms with Crippen LogP contribution in [0.1, 0.15) is 20.8 Å². The van der Waals surface area contributed by atoms with Crippen LogP contribution in [-0.2, 0) is 4.79 Å². The smallest absolute Gasteiger partial charge is 0.312 e. The fraction of sp³-hybridized carbons (Fsp3) is 0.833. The molecule has 0 radical (unpaired) electrons. The van der Waals surface area contributed by atoms with Crippen molar-refractivity contribution in [3.63, 3.8) is 0 Å². The first-order valence-electron chi connectivity index (χ1n) is 6.26. The normalized spacial score (nSPS) is 16.0. The van der Waals surface area contributed by atoms with E-state index >= 15 is 0 Å². The van der Waals surface area contributed by atoms with Gasteiger partial charge in [0.25, 0.3) is 0 Å². The van der Waals surface area contributed by atoms with Crippen LogP contribution in [0.4, 0.5) is 4.79 Å². The van der Waals surface area contributed by atoms with Crippen LogP contribution in [0.5, 0.6) is 0 Å². The summed E-state index contributed by atoms with van der Waals surface area (Å²) in [5, 5.41) is 15.1. The lowest BCUT2D eigenvalue weighted by Crippen LogP contribution is -2.55. The van der Waals surface area contributed by atoms with Crippen molar-refractivity contribution in [2.45, 2.75) is 32.4 Å². The highest BCUT2D eigenvalue weighted by molar-refractivity contribution is 5.86. The Hall–Kier alpha value is -1.34. The first-order chi connectivity index (χ1) is 8.55. The molecular weight excluding hydrogens is 248 g/mol. The first kappa shape index (κ1) is 17.7. The minimum Gasteiger partial charge on any atom is -0.387 e. The van der Waals surface area contributed by atoms with Crippen LogP contribution in [0.15, 0.2) is 0 Å². The van der Waals surface area contributed by atoms with Gasteiger partial charge in [0.15, 0.2) is 0 Å². The van der Waals surface area contributed by atoms with Crippen LogP contribution in [-0.4, -0.2) is 60.8 Å². The van der Waals surface area contributed by atoms with Crippen molar-refractivity contribution in [2.75, 3.05) is 27.2 Å². The Labute approximate surface area is 114 Å². The number of carbonyl (C=O) groups excluding carboxylic acids is 2. The number of amides is 3. The number of aliphatic hydroxyl groups is 1. The Morgan fingerprint density at radius 1 is 1.37 bits per heavy atom. The van der Waals surface area contributed by atoms with Gasteiger partial charge in [-0.15, -0.1) is 0 Å². The molecule has 0 saturated heterocycles. The highest BCUT2D eigenvalue weighted by Crippen LogP contribution is 2.05. The fourth-order valence-corrected chi connectivity index (χ4v) is 1.81. The monoisotopic (exact) mass is 274 g/mol. The summed E-state index contributed by atoms with van der Waals surface area (Å²) >= 11 is 0. The number of primary amides is 1. The van der Waals surface area contributed by atoms with Crippen molar-refractivity contribution in [1.29, 1.82) is 0 Å². The molecule has 7 heteroatoms. The van der Waals surface area contributed by atoms with E-state index in [1.165, 1.54) is 0 Å². The molecule has 0 heterocycles. The zero-order valence-electron chi connectivity index (χ0n) is 12.4. The van der Waals surface area contributed by atoms with E-state index in [1.54, 1.807) is 20.8 Å². The minimum absolute atomic E-state index is 0.0914. The fourth-order valence-electron chi connectivity index (χ4n) is 1.81. The number of nitrogens with one attached hydrogen (secondary N) is 2. The van der Waals surface area contributed by atoms with Gasteiger partial charge in [0.05, 0.1) is 5.60 Å². The number of nitrogens with zero attached hydrogens (tertiary/aromatic N) is 1. The van der Waals surface area contributed by atoms with Crippen LogP contribution < -0.4 is 16.4 Å². The standard InChI is InChI=1S/C12H26N4O3/c1-8(2)9(15-11(13)18)10(17)14-6-12(3,19)7-16(4)5/h8-9,19H,6-7H2,1-5H3,(H,14,17)(H3,13,15,18). The van der Waals surface area contributed by atoms with E-state index in [-0.39, 0.29) is 18.4 Å². The summed E-state index contributed by atoms with van der Waals surface area (Å²) in [6.07, 6.45) is 0. The molecule has 2 atom stereocenters. The van der Waals surface area contributed by atoms with E-state index in [0.717, 1.165) is 0 Å². The Morgan fingerprint density at radius 3 is 2.26 bits per heavy atom. The van der Waals surface area contributed by atoms with E-state index in [1.807, 2.05) is 19.0 Å². The Balaban J connectivity index is 4.45. The van der Waals surface area contributed by atoms with Crippen molar-refractivity contribution in [1.82, 2.24) is 15.5 Å². The largest absolute Gasteiger partial charge is 0.387 e. The van der Waals surface area contributed by atoms with Crippen LogP contribution in [0.3, 0.4) is 0 Å². The Morgan fingerprint density at radius 2 is 1.89 bits per heavy atom. The molecule has 0 bridgehead atoms. The highest BCUT2D eigenvalue weighted by atomic mass is 16.3. The summed E-state index contributed by atoms with van der Waals surface area (Å²) in [6, 6.07) is -1.44. The van der Waals surface area contributed by atoms with Crippen molar-refractivity contribution in [3.8, 4) is 0 Å². The van der Waals surface area contributed by atoms with E-state index in [0.29, 0.717) is 6.54 Å². The molecule has 0 aromatic heterocycles. The SMILES string of the molecule is CC(C)C(NC(N)=O)C(=O)NCC(C)(O)CN(C)C. The average molecular weight is 274 g/mol. The quantitative estimate of drug-likeness (QED) is 0.483. The third kappa shape index (κ3) is 7.63. The van der Waals surface area contributed by atoms with Crippen LogP contribution >= 0.6 is 0 Å². The molecule has 0 spiro atoms. The molecule has 3 amide bonds. The van der Waals surface area contributed by atoms with Gasteiger partial charge in [-0.25, -0.2) is 4.79 Å². The third-order valence-corrected chi connectivity index (χ3v) is 2.55. The topological polar surface area (TPSA) is 108 Å². The van der Waals surface area contributed by atoms with Crippen LogP contribution in [0.2, 0.25) is 0 Å². The second-order valence-corrected chi connectivity index (χ2v) is 5.68. The summed E-state index contributed by atoms with van der Waals surface area (Å²) in [5.41, 5.74) is 4.00. The van der Waals surface area contributed by atoms with Gasteiger partial charge >= 0.3 is 6.03 Å². The maximum Gasteiger partial charge on any atom is 0.312 e.